The number of aromatic amines is 1. The van der Waals surface area contributed by atoms with Gasteiger partial charge in [-0.1, -0.05) is 12.1 Å². The molecule has 2 aromatic heterocycles. The topological polar surface area (TPSA) is 137 Å². The quantitative estimate of drug-likeness (QED) is 0.0663. The molecular formula is C29H30F4N6O5. The van der Waals surface area contributed by atoms with Crippen molar-refractivity contribution in [2.24, 2.45) is 4.99 Å². The molecule has 234 valence electrons. The summed E-state index contributed by atoms with van der Waals surface area (Å²) in [5.41, 5.74) is 6.29. The third kappa shape index (κ3) is 9.50. The average molecular weight is 619 g/mol. The molecule has 3 aromatic rings. The van der Waals surface area contributed by atoms with Crippen molar-refractivity contribution in [2.45, 2.75) is 13.5 Å². The fourth-order valence-corrected chi connectivity index (χ4v) is 3.66. The highest BCUT2D eigenvalue weighted by Gasteiger charge is 2.18. The van der Waals surface area contributed by atoms with Crippen LogP contribution in [-0.2, 0) is 14.3 Å². The molecule has 15 heteroatoms. The van der Waals surface area contributed by atoms with E-state index >= 15 is 0 Å². The SMILES string of the molecule is C/C=C/C(=N\C=C\n1ncc(C(=O)c2cc(=C/COC(F)F)/c(=C\CN(C)CCOC=O)[nH]2)c1N)Oc1c(F)cccc1F. The number of rotatable bonds is 15. The van der Waals surface area contributed by atoms with Crippen molar-refractivity contribution in [2.75, 3.05) is 39.1 Å². The first-order valence-electron chi connectivity index (χ1n) is 13.0. The number of nitrogens with two attached hydrogens (primary N) is 1. The zero-order valence-corrected chi connectivity index (χ0v) is 23.8. The Balaban J connectivity index is 1.84. The van der Waals surface area contributed by atoms with E-state index in [4.69, 9.17) is 10.5 Å². The van der Waals surface area contributed by atoms with Gasteiger partial charge < -0.3 is 24.9 Å². The Morgan fingerprint density at radius 1 is 1.25 bits per heavy atom. The first-order valence-corrected chi connectivity index (χ1v) is 13.0. The van der Waals surface area contributed by atoms with Crippen LogP contribution in [0.4, 0.5) is 23.4 Å². The van der Waals surface area contributed by atoms with Gasteiger partial charge in [-0.15, -0.1) is 0 Å². The standard InChI is InChI=1S/C29H30F4N6O5/c1-3-5-25(44-27-21(30)6-4-7-22(27)31)35-10-12-39-28(34)20(17-36-39)26(41)24-16-19(9-14-43-29(32)33)23(37-24)8-11-38(2)13-15-42-18-40/h3-10,12,16-18,29,37H,11,13-15,34H2,1-2H3/b5-3+,12-10+,19-9-,23-8+,35-25+. The maximum absolute atomic E-state index is 14.0. The van der Waals surface area contributed by atoms with E-state index in [1.807, 2.05) is 4.90 Å². The Morgan fingerprint density at radius 3 is 2.68 bits per heavy atom. The molecule has 0 aliphatic rings. The van der Waals surface area contributed by atoms with Crippen LogP contribution in [0.25, 0.3) is 18.4 Å². The van der Waals surface area contributed by atoms with E-state index in [-0.39, 0.29) is 29.6 Å². The Kier molecular flexibility index (Phi) is 12.6. The number of H-pyrrole nitrogens is 1. The first-order chi connectivity index (χ1) is 21.1. The predicted molar refractivity (Wildman–Crippen MR) is 155 cm³/mol. The Hall–Kier alpha value is -5.02. The van der Waals surface area contributed by atoms with E-state index in [2.05, 4.69) is 24.5 Å². The number of alkyl halides is 2. The maximum atomic E-state index is 14.0. The maximum Gasteiger partial charge on any atom is 0.345 e. The zero-order valence-electron chi connectivity index (χ0n) is 23.8. The fraction of sp³-hybridized carbons (Fsp3) is 0.241. The van der Waals surface area contributed by atoms with Crippen molar-refractivity contribution in [3.63, 3.8) is 0 Å². The lowest BCUT2D eigenvalue weighted by atomic mass is 10.1. The van der Waals surface area contributed by atoms with Gasteiger partial charge in [-0.2, -0.15) is 13.9 Å². The number of para-hydroxylation sites is 1. The molecular weight excluding hydrogens is 588 g/mol. The summed E-state index contributed by atoms with van der Waals surface area (Å²) in [7, 11) is 1.78. The number of nitrogens with zero attached hydrogens (tertiary/aromatic N) is 4. The van der Waals surface area contributed by atoms with Crippen molar-refractivity contribution in [3.8, 4) is 5.75 Å². The van der Waals surface area contributed by atoms with Gasteiger partial charge >= 0.3 is 6.61 Å². The smallest absolute Gasteiger partial charge is 0.345 e. The lowest BCUT2D eigenvalue weighted by molar-refractivity contribution is -0.129. The molecule has 0 spiro atoms. The van der Waals surface area contributed by atoms with Crippen LogP contribution >= 0.6 is 0 Å². The third-order valence-electron chi connectivity index (χ3n) is 5.84. The van der Waals surface area contributed by atoms with Crippen molar-refractivity contribution >= 4 is 42.3 Å². The number of hydrogen-bond acceptors (Lipinski definition) is 9. The van der Waals surface area contributed by atoms with Crippen LogP contribution in [0, 0.1) is 11.6 Å². The molecule has 44 heavy (non-hydrogen) atoms. The van der Waals surface area contributed by atoms with Gasteiger partial charge in [0.1, 0.15) is 12.4 Å². The summed E-state index contributed by atoms with van der Waals surface area (Å²) in [6.45, 7) is -0.371. The number of anilines is 1. The number of halogens is 4. The van der Waals surface area contributed by atoms with E-state index in [0.717, 1.165) is 16.8 Å². The Bertz CT molecular complexity index is 1630. The monoisotopic (exact) mass is 618 g/mol. The largest absolute Gasteiger partial charge is 0.467 e. The number of likely N-dealkylation sites (N-methyl/N-ethyl adjacent to an activating group) is 1. The number of carbonyl (C=O) groups excluding carboxylic acids is 2. The van der Waals surface area contributed by atoms with E-state index in [1.165, 1.54) is 42.9 Å². The summed E-state index contributed by atoms with van der Waals surface area (Å²) in [6.07, 6.45) is 9.81. The van der Waals surface area contributed by atoms with Gasteiger partial charge in [0, 0.05) is 30.8 Å². The highest BCUT2D eigenvalue weighted by atomic mass is 19.3. The van der Waals surface area contributed by atoms with Gasteiger partial charge in [-0.05, 0) is 55.6 Å². The minimum atomic E-state index is -2.97. The van der Waals surface area contributed by atoms with Gasteiger partial charge in [0.2, 0.25) is 17.4 Å². The number of ether oxygens (including phenoxy) is 3. The molecule has 11 nitrogen and oxygen atoms in total. The number of ketones is 1. The normalized spacial score (nSPS) is 13.2. The van der Waals surface area contributed by atoms with Crippen LogP contribution in [0.1, 0.15) is 23.0 Å². The zero-order chi connectivity index (χ0) is 32.1. The van der Waals surface area contributed by atoms with E-state index in [9.17, 15) is 27.2 Å². The number of nitrogen functional groups attached to an aromatic ring is 1. The molecule has 0 unspecified atom stereocenters. The number of carbonyl (C=O) groups is 2. The van der Waals surface area contributed by atoms with Gasteiger partial charge in [-0.25, -0.2) is 18.5 Å². The highest BCUT2D eigenvalue weighted by Crippen LogP contribution is 2.21. The minimum absolute atomic E-state index is 0.0308. The molecule has 0 fully saturated rings. The van der Waals surface area contributed by atoms with Crippen LogP contribution < -0.4 is 21.0 Å². The number of aromatic nitrogens is 3. The van der Waals surface area contributed by atoms with Crippen LogP contribution in [0.2, 0.25) is 0 Å². The molecule has 0 bridgehead atoms. The van der Waals surface area contributed by atoms with Gasteiger partial charge in [0.25, 0.3) is 6.47 Å². The second kappa shape index (κ2) is 16.6. The van der Waals surface area contributed by atoms with Gasteiger partial charge in [0.15, 0.2) is 11.6 Å². The summed E-state index contributed by atoms with van der Waals surface area (Å²) < 4.78 is 68.4. The molecule has 0 amide bonds. The molecule has 0 saturated carbocycles. The number of hydrogen-bond donors (Lipinski definition) is 2. The van der Waals surface area contributed by atoms with Crippen LogP contribution in [0.3, 0.4) is 0 Å². The van der Waals surface area contributed by atoms with Crippen molar-refractivity contribution in [3.05, 3.63) is 82.3 Å². The molecule has 0 saturated heterocycles. The second-order valence-electron chi connectivity index (χ2n) is 8.92. The number of nitrogens with one attached hydrogen (secondary N) is 1. The van der Waals surface area contributed by atoms with Crippen molar-refractivity contribution in [1.82, 2.24) is 19.7 Å². The molecule has 1 aromatic carbocycles. The van der Waals surface area contributed by atoms with Crippen molar-refractivity contribution < 1.29 is 41.4 Å². The third-order valence-corrected chi connectivity index (χ3v) is 5.84. The number of allylic oxidation sites excluding steroid dienone is 1. The van der Waals surface area contributed by atoms with Crippen LogP contribution in [-0.4, -0.2) is 77.8 Å². The molecule has 3 N–H and O–H groups in total. The average Bonchev–Trinajstić information content (AvgIpc) is 3.56. The van der Waals surface area contributed by atoms with Crippen LogP contribution in [0.15, 0.2) is 53.8 Å². The number of aliphatic imine (C=N–C) groups is 1. The highest BCUT2D eigenvalue weighted by molar-refractivity contribution is 6.10. The molecule has 0 aliphatic heterocycles. The molecule has 0 aliphatic carbocycles. The van der Waals surface area contributed by atoms with Crippen molar-refractivity contribution in [1.29, 1.82) is 0 Å². The van der Waals surface area contributed by atoms with E-state index in [0.29, 0.717) is 30.1 Å². The predicted octanol–water partition coefficient (Wildman–Crippen LogP) is 2.69. The van der Waals surface area contributed by atoms with Crippen LogP contribution in [0.5, 0.6) is 5.75 Å². The summed E-state index contributed by atoms with van der Waals surface area (Å²) >= 11 is 0. The van der Waals surface area contributed by atoms with Gasteiger partial charge in [-0.3, -0.25) is 14.5 Å². The summed E-state index contributed by atoms with van der Waals surface area (Å²) in [4.78, 5) is 32.5. The summed E-state index contributed by atoms with van der Waals surface area (Å²) in [5.74, 6) is -3.15. The fourth-order valence-electron chi connectivity index (χ4n) is 3.66. The first kappa shape index (κ1) is 33.5. The Labute approximate surface area is 249 Å². The molecule has 2 heterocycles. The Morgan fingerprint density at radius 2 is 2.00 bits per heavy atom. The number of benzene rings is 1. The summed E-state index contributed by atoms with van der Waals surface area (Å²) in [5, 5.41) is 4.98. The molecule has 0 radical (unpaired) electrons. The molecule has 0 atom stereocenters. The van der Waals surface area contributed by atoms with E-state index < -0.39 is 36.4 Å². The second-order valence-corrected chi connectivity index (χ2v) is 8.92. The lowest BCUT2D eigenvalue weighted by Gasteiger charge is -2.12. The summed E-state index contributed by atoms with van der Waals surface area (Å²) in [6, 6.07) is 4.75. The lowest BCUT2D eigenvalue weighted by Crippen LogP contribution is -2.28. The molecule has 3 rings (SSSR count). The van der Waals surface area contributed by atoms with Gasteiger partial charge in [0.05, 0.1) is 24.1 Å². The van der Waals surface area contributed by atoms with E-state index in [1.54, 1.807) is 26.1 Å². The minimum Gasteiger partial charge on any atom is -0.467 e.